The number of hydrogen-bond donors (Lipinski definition) is 1. The van der Waals surface area contributed by atoms with Crippen LogP contribution in [-0.2, 0) is 27.6 Å². The Bertz CT molecular complexity index is 1920. The number of likely N-dealkylation sites (tertiary alicyclic amines) is 1. The van der Waals surface area contributed by atoms with E-state index in [1.54, 1.807) is 43.3 Å². The lowest BCUT2D eigenvalue weighted by molar-refractivity contribution is -0.148. The number of aliphatic hydroxyl groups excluding tert-OH is 1. The number of para-hydroxylation sites is 1. The third-order valence-corrected chi connectivity index (χ3v) is 12.7. The molecule has 50 heavy (non-hydrogen) atoms. The van der Waals surface area contributed by atoms with Crippen molar-refractivity contribution in [1.29, 1.82) is 0 Å². The SMILES string of the molecule is C=CCN(Cn1nnc2ccccc21)C(=O)C1N([C@H](CO)c2ccccc2)C(=O)[C@@H]2[C@@H](C(=O)N(CC=C)Cc3ccccc3)[C@@]3(C)CCC12S3. The summed E-state index contributed by atoms with van der Waals surface area (Å²) >= 11 is 1.62. The van der Waals surface area contributed by atoms with Crippen LogP contribution in [0.4, 0.5) is 0 Å². The number of aromatic nitrogens is 3. The molecule has 0 aliphatic carbocycles. The van der Waals surface area contributed by atoms with Crippen molar-refractivity contribution in [1.82, 2.24) is 29.7 Å². The summed E-state index contributed by atoms with van der Waals surface area (Å²) in [7, 11) is 0. The molecule has 2 bridgehead atoms. The van der Waals surface area contributed by atoms with Crippen molar-refractivity contribution in [2.45, 2.75) is 54.6 Å². The standard InChI is InChI=1S/C39H42N6O4S/c1-4-22-42(24-27-14-8-6-9-15-27)35(47)32-33-36(48)45(31(25-46)28-16-10-7-11-17-28)34(39(33)21-20-38(32,3)50-39)37(49)43(23-5-2)26-44-30-19-13-12-18-29(30)40-41-44/h4-19,31-34,46H,1-2,20-26H2,3H3/t31-,32+,33+,34?,38-,39?/m1/s1. The van der Waals surface area contributed by atoms with E-state index in [1.807, 2.05) is 84.9 Å². The first-order chi connectivity index (χ1) is 24.3. The van der Waals surface area contributed by atoms with Gasteiger partial charge in [-0.1, -0.05) is 90.2 Å². The first kappa shape index (κ1) is 33.7. The molecule has 1 N–H and O–H groups in total. The van der Waals surface area contributed by atoms with Gasteiger partial charge >= 0.3 is 0 Å². The second kappa shape index (κ2) is 13.5. The largest absolute Gasteiger partial charge is 0.394 e. The van der Waals surface area contributed by atoms with E-state index in [-0.39, 0.29) is 37.5 Å². The molecule has 0 radical (unpaired) electrons. The van der Waals surface area contributed by atoms with Gasteiger partial charge in [-0.05, 0) is 43.0 Å². The van der Waals surface area contributed by atoms with Gasteiger partial charge in [0.2, 0.25) is 17.7 Å². The van der Waals surface area contributed by atoms with Crippen LogP contribution in [-0.4, -0.2) is 87.8 Å². The normalized spacial score (nSPS) is 25.8. The van der Waals surface area contributed by atoms with Crippen molar-refractivity contribution in [3.63, 3.8) is 0 Å². The molecule has 11 heteroatoms. The highest BCUT2D eigenvalue weighted by molar-refractivity contribution is 8.02. The van der Waals surface area contributed by atoms with E-state index >= 15 is 9.59 Å². The molecule has 3 aliphatic heterocycles. The van der Waals surface area contributed by atoms with Crippen molar-refractivity contribution < 1.29 is 19.5 Å². The zero-order valence-electron chi connectivity index (χ0n) is 28.2. The average Bonchev–Trinajstić information content (AvgIpc) is 3.84. The summed E-state index contributed by atoms with van der Waals surface area (Å²) in [6, 6.07) is 24.9. The Hall–Kier alpha value is -4.74. The number of rotatable bonds is 13. The van der Waals surface area contributed by atoms with Crippen LogP contribution in [0.1, 0.15) is 36.9 Å². The summed E-state index contributed by atoms with van der Waals surface area (Å²) in [5, 5.41) is 19.6. The van der Waals surface area contributed by atoms with Crippen LogP contribution >= 0.6 is 11.8 Å². The number of carbonyl (C=O) groups excluding carboxylic acids is 3. The maximum atomic E-state index is 15.2. The molecule has 258 valence electrons. The van der Waals surface area contributed by atoms with Crippen LogP contribution in [0.3, 0.4) is 0 Å². The van der Waals surface area contributed by atoms with Gasteiger partial charge in [-0.2, -0.15) is 0 Å². The van der Waals surface area contributed by atoms with Crippen LogP contribution in [0.15, 0.2) is 110 Å². The molecule has 3 aromatic carbocycles. The monoisotopic (exact) mass is 690 g/mol. The van der Waals surface area contributed by atoms with Crippen molar-refractivity contribution in [2.75, 3.05) is 19.7 Å². The minimum absolute atomic E-state index is 0.0915. The lowest BCUT2D eigenvalue weighted by atomic mass is 9.66. The first-order valence-electron chi connectivity index (χ1n) is 17.1. The fourth-order valence-corrected chi connectivity index (χ4v) is 10.8. The van der Waals surface area contributed by atoms with Crippen molar-refractivity contribution in [2.24, 2.45) is 11.8 Å². The van der Waals surface area contributed by atoms with E-state index in [2.05, 4.69) is 30.4 Å². The zero-order chi connectivity index (χ0) is 35.0. The maximum Gasteiger partial charge on any atom is 0.248 e. The van der Waals surface area contributed by atoms with Gasteiger partial charge in [0, 0.05) is 24.4 Å². The third-order valence-electron chi connectivity index (χ3n) is 10.7. The molecule has 1 aromatic heterocycles. The number of benzene rings is 3. The van der Waals surface area contributed by atoms with Gasteiger partial charge in [0.1, 0.15) is 18.2 Å². The maximum absolute atomic E-state index is 15.2. The molecule has 4 heterocycles. The number of hydrogen-bond acceptors (Lipinski definition) is 7. The van der Waals surface area contributed by atoms with E-state index in [0.717, 1.165) is 16.6 Å². The Morgan fingerprint density at radius 2 is 1.62 bits per heavy atom. The van der Waals surface area contributed by atoms with E-state index in [1.165, 1.54) is 0 Å². The minimum atomic E-state index is -0.946. The highest BCUT2D eigenvalue weighted by Crippen LogP contribution is 2.72. The second-order valence-electron chi connectivity index (χ2n) is 13.6. The summed E-state index contributed by atoms with van der Waals surface area (Å²) in [5.41, 5.74) is 3.19. The Labute approximate surface area is 296 Å². The van der Waals surface area contributed by atoms with Crippen LogP contribution in [0.2, 0.25) is 0 Å². The highest BCUT2D eigenvalue weighted by atomic mass is 32.2. The minimum Gasteiger partial charge on any atom is -0.394 e. The number of nitrogens with zero attached hydrogens (tertiary/aromatic N) is 6. The van der Waals surface area contributed by atoms with E-state index in [0.29, 0.717) is 31.4 Å². The molecular formula is C39H42N6O4S. The summed E-state index contributed by atoms with van der Waals surface area (Å²) in [6.45, 7) is 10.6. The van der Waals surface area contributed by atoms with Gasteiger partial charge in [0.15, 0.2) is 0 Å². The predicted molar refractivity (Wildman–Crippen MR) is 193 cm³/mol. The van der Waals surface area contributed by atoms with Gasteiger partial charge in [-0.25, -0.2) is 4.68 Å². The number of thioether (sulfide) groups is 1. The van der Waals surface area contributed by atoms with Gasteiger partial charge in [0.25, 0.3) is 0 Å². The molecule has 3 amide bonds. The smallest absolute Gasteiger partial charge is 0.248 e. The van der Waals surface area contributed by atoms with Crippen molar-refractivity contribution in [3.05, 3.63) is 121 Å². The molecule has 3 fully saturated rings. The molecule has 3 aliphatic rings. The summed E-state index contributed by atoms with van der Waals surface area (Å²) in [5.74, 6) is -2.09. The third kappa shape index (κ3) is 5.52. The Kier molecular flexibility index (Phi) is 9.13. The van der Waals surface area contributed by atoms with E-state index in [4.69, 9.17) is 0 Å². The van der Waals surface area contributed by atoms with Crippen LogP contribution < -0.4 is 0 Å². The van der Waals surface area contributed by atoms with Crippen molar-refractivity contribution >= 4 is 40.5 Å². The predicted octanol–water partition coefficient (Wildman–Crippen LogP) is 4.83. The van der Waals surface area contributed by atoms with Gasteiger partial charge < -0.3 is 19.8 Å². The molecule has 6 atom stereocenters. The summed E-state index contributed by atoms with van der Waals surface area (Å²) in [6.07, 6.45) is 4.64. The number of fused-ring (bicyclic) bond motifs is 2. The van der Waals surface area contributed by atoms with Crippen LogP contribution in [0, 0.1) is 11.8 Å². The molecule has 4 aromatic rings. The molecule has 3 saturated heterocycles. The van der Waals surface area contributed by atoms with E-state index < -0.39 is 33.4 Å². The number of amides is 3. The highest BCUT2D eigenvalue weighted by Gasteiger charge is 2.78. The number of carbonyl (C=O) groups is 3. The average molecular weight is 691 g/mol. The Morgan fingerprint density at radius 1 is 0.960 bits per heavy atom. The fraction of sp³-hybridized carbons (Fsp3) is 0.359. The van der Waals surface area contributed by atoms with Gasteiger partial charge in [-0.15, -0.1) is 30.0 Å². The zero-order valence-corrected chi connectivity index (χ0v) is 29.0. The lowest BCUT2D eigenvalue weighted by Crippen LogP contribution is -2.56. The molecule has 10 nitrogen and oxygen atoms in total. The second-order valence-corrected chi connectivity index (χ2v) is 15.5. The quantitative estimate of drug-likeness (QED) is 0.200. The van der Waals surface area contributed by atoms with Gasteiger partial charge in [-0.3, -0.25) is 14.4 Å². The molecule has 0 saturated carbocycles. The number of aliphatic hydroxyl groups is 1. The first-order valence-corrected chi connectivity index (χ1v) is 17.9. The molecule has 2 unspecified atom stereocenters. The van der Waals surface area contributed by atoms with Crippen molar-refractivity contribution in [3.8, 4) is 0 Å². The van der Waals surface area contributed by atoms with Crippen LogP contribution in [0.5, 0.6) is 0 Å². The van der Waals surface area contributed by atoms with Crippen LogP contribution in [0.25, 0.3) is 11.0 Å². The molecule has 1 spiro atoms. The Morgan fingerprint density at radius 3 is 2.32 bits per heavy atom. The molecule has 7 rings (SSSR count). The Balaban J connectivity index is 1.32. The lowest BCUT2D eigenvalue weighted by Gasteiger charge is -2.39. The van der Waals surface area contributed by atoms with E-state index in [9.17, 15) is 9.90 Å². The summed E-state index contributed by atoms with van der Waals surface area (Å²) in [4.78, 5) is 50.2. The fourth-order valence-electron chi connectivity index (χ4n) is 8.50. The summed E-state index contributed by atoms with van der Waals surface area (Å²) < 4.78 is 0.226. The van der Waals surface area contributed by atoms with Gasteiger partial charge in [0.05, 0.1) is 34.7 Å². The molecular weight excluding hydrogens is 649 g/mol. The topological polar surface area (TPSA) is 112 Å².